The van der Waals surface area contributed by atoms with Gasteiger partial charge in [0.1, 0.15) is 66.2 Å². The number of halogens is 1. The monoisotopic (exact) mass is 1570 g/mol. The van der Waals surface area contributed by atoms with Gasteiger partial charge in [-0.3, -0.25) is 86.1 Å². The Balaban J connectivity index is 2.04. The van der Waals surface area contributed by atoms with Crippen LogP contribution < -0.4 is 63.5 Å². The number of benzene rings is 2. The van der Waals surface area contributed by atoms with Gasteiger partial charge in [0.15, 0.2) is 6.04 Å². The lowest BCUT2D eigenvalue weighted by Gasteiger charge is -2.33. The first-order valence-corrected chi connectivity index (χ1v) is 35.4. The van der Waals surface area contributed by atoms with Crippen molar-refractivity contribution in [2.24, 2.45) is 23.3 Å². The number of nitrogens with zero attached hydrogens (tertiary/aromatic N) is 2. The summed E-state index contributed by atoms with van der Waals surface area (Å²) in [7, 11) is -5.04. The first-order chi connectivity index (χ1) is 50.5. The molecule has 2 aromatic rings. The van der Waals surface area contributed by atoms with E-state index >= 15 is 0 Å². The van der Waals surface area contributed by atoms with Gasteiger partial charge in [-0.15, -0.1) is 0 Å². The van der Waals surface area contributed by atoms with Gasteiger partial charge in [0.2, 0.25) is 65.0 Å². The molecule has 596 valence electrons. The maximum atomic E-state index is 14.9. The van der Waals surface area contributed by atoms with Crippen LogP contribution in [0.25, 0.3) is 0 Å². The van der Waals surface area contributed by atoms with Crippen molar-refractivity contribution < 1.29 is 134 Å². The second kappa shape index (κ2) is 44.1. The second-order valence-electron chi connectivity index (χ2n) is 25.4. The Hall–Kier alpha value is -11.1. The fourth-order valence-corrected chi connectivity index (χ4v) is 11.5. The number of carboxylic acids is 6. The SMILES string of the molecule is CC[C@H](C)[C@H](NC(=O)[C@H](CCC(=O)O)NC(=O)[C@H](CCC(=O)O)NC(=O)[C@H](c1ccccc1)N(Cl)C(=O)[C@H](CC(=O)O)NC(=O)CN)C(=O)N1CCC[C@@H]1C(=O)N[C@@H](CCC(=O)O)C(=O)N[C@@H](CCC(=O)O)C(=O)N[C@@H](Cc1ccc(OS(=O)(=O)O)cc1)C(=O)N[C@@H](CC(C)C)C(=O)N[C@@H](CCC(N)=O)C(=O)O. The molecular weight excluding hydrogens is 1480 g/mol. The number of hydrogen-bond donors (Lipinski definition) is 18. The molecular formula is C65H90ClN13O28S. The van der Waals surface area contributed by atoms with Crippen LogP contribution in [0.15, 0.2) is 54.6 Å². The number of carboxylic acid groups (broad SMARTS) is 6. The lowest BCUT2D eigenvalue weighted by Crippen LogP contribution is -2.61. The summed E-state index contributed by atoms with van der Waals surface area (Å²) >= 11 is 6.48. The van der Waals surface area contributed by atoms with E-state index < -0.39 is 285 Å². The lowest BCUT2D eigenvalue weighted by molar-refractivity contribution is -0.144. The van der Waals surface area contributed by atoms with Crippen molar-refractivity contribution in [3.63, 3.8) is 0 Å². The van der Waals surface area contributed by atoms with Crippen molar-refractivity contribution in [3.8, 4) is 5.75 Å². The number of rotatable bonds is 48. The smallest absolute Gasteiger partial charge is 0.446 e. The van der Waals surface area contributed by atoms with Crippen molar-refractivity contribution in [1.29, 1.82) is 0 Å². The molecule has 0 saturated carbocycles. The van der Waals surface area contributed by atoms with Gasteiger partial charge in [-0.25, -0.2) is 9.21 Å². The average molecular weight is 1570 g/mol. The van der Waals surface area contributed by atoms with Crippen molar-refractivity contribution in [1.82, 2.24) is 57.2 Å². The van der Waals surface area contributed by atoms with E-state index in [0.717, 1.165) is 17.0 Å². The van der Waals surface area contributed by atoms with E-state index in [2.05, 4.69) is 52.0 Å². The first-order valence-electron chi connectivity index (χ1n) is 33.7. The fraction of sp³-hybridized carbons (Fsp3) is 0.538. The maximum Gasteiger partial charge on any atom is 0.446 e. The molecule has 0 spiro atoms. The predicted molar refractivity (Wildman–Crippen MR) is 370 cm³/mol. The number of nitrogens with two attached hydrogens (primary N) is 2. The van der Waals surface area contributed by atoms with Crippen LogP contribution in [-0.4, -0.2) is 233 Å². The summed E-state index contributed by atoms with van der Waals surface area (Å²) in [6.07, 6.45) is -9.18. The zero-order valence-electron chi connectivity index (χ0n) is 59.0. The maximum absolute atomic E-state index is 14.9. The van der Waals surface area contributed by atoms with Crippen molar-refractivity contribution in [2.45, 2.75) is 197 Å². The van der Waals surface area contributed by atoms with Gasteiger partial charge in [-0.05, 0) is 86.5 Å². The van der Waals surface area contributed by atoms with Crippen molar-refractivity contribution >= 4 is 129 Å². The molecule has 0 aromatic heterocycles. The number of amides is 12. The molecule has 20 N–H and O–H groups in total. The van der Waals surface area contributed by atoms with E-state index in [4.69, 9.17) is 23.2 Å². The Labute approximate surface area is 622 Å². The van der Waals surface area contributed by atoms with Crippen LogP contribution in [-0.2, 0) is 103 Å². The quantitative estimate of drug-likeness (QED) is 0.0229. The van der Waals surface area contributed by atoms with Crippen molar-refractivity contribution in [3.05, 3.63) is 65.7 Å². The van der Waals surface area contributed by atoms with Gasteiger partial charge >= 0.3 is 46.2 Å². The molecule has 2 aromatic carbocycles. The van der Waals surface area contributed by atoms with Crippen LogP contribution in [0.1, 0.15) is 141 Å². The molecule has 0 unspecified atom stereocenters. The van der Waals surface area contributed by atoms with Crippen LogP contribution in [0, 0.1) is 11.8 Å². The molecule has 43 heteroatoms. The third-order valence-electron chi connectivity index (χ3n) is 16.6. The summed E-state index contributed by atoms with van der Waals surface area (Å²) in [5.74, 6) is -25.1. The minimum atomic E-state index is -5.04. The third kappa shape index (κ3) is 31.5. The molecule has 108 heavy (non-hydrogen) atoms. The number of carbonyl (C=O) groups is 18. The molecule has 1 aliphatic heterocycles. The summed E-state index contributed by atoms with van der Waals surface area (Å²) in [5.41, 5.74) is 10.6. The summed E-state index contributed by atoms with van der Waals surface area (Å²) in [4.78, 5) is 240. The summed E-state index contributed by atoms with van der Waals surface area (Å²) in [6.45, 7) is 5.39. The Morgan fingerprint density at radius 1 is 0.556 bits per heavy atom. The highest BCUT2D eigenvalue weighted by Crippen LogP contribution is 2.27. The molecule has 0 bridgehead atoms. The molecule has 12 atom stereocenters. The van der Waals surface area contributed by atoms with Gasteiger partial charge in [0.05, 0.1) is 13.0 Å². The fourth-order valence-electron chi connectivity index (χ4n) is 10.9. The Morgan fingerprint density at radius 2 is 0.991 bits per heavy atom. The third-order valence-corrected chi connectivity index (χ3v) is 17.3. The lowest BCUT2D eigenvalue weighted by atomic mass is 9.96. The summed E-state index contributed by atoms with van der Waals surface area (Å²) in [6, 6.07) is -8.69. The first kappa shape index (κ1) is 91.1. The number of carbonyl (C=O) groups excluding carboxylic acids is 12. The molecule has 12 amide bonds. The number of aliphatic carboxylic acids is 6. The summed E-state index contributed by atoms with van der Waals surface area (Å²) < 4.78 is 36.7. The van der Waals surface area contributed by atoms with E-state index in [1.165, 1.54) is 49.4 Å². The Morgan fingerprint density at radius 3 is 1.44 bits per heavy atom. The minimum absolute atomic E-state index is 0.0731. The largest absolute Gasteiger partial charge is 0.481 e. The topological polar surface area (TPSA) is 659 Å². The average Bonchev–Trinajstić information content (AvgIpc) is 1.49. The van der Waals surface area contributed by atoms with Gasteiger partial charge in [0.25, 0.3) is 5.91 Å². The molecule has 41 nitrogen and oxygen atoms in total. The van der Waals surface area contributed by atoms with Crippen LogP contribution >= 0.6 is 11.8 Å². The Kier molecular flexibility index (Phi) is 37.2. The molecule has 0 radical (unpaired) electrons. The van der Waals surface area contributed by atoms with E-state index in [1.54, 1.807) is 20.8 Å². The highest BCUT2D eigenvalue weighted by Gasteiger charge is 2.43. The molecule has 1 saturated heterocycles. The van der Waals surface area contributed by atoms with Crippen LogP contribution in [0.5, 0.6) is 5.75 Å². The van der Waals surface area contributed by atoms with Gasteiger partial charge in [0, 0.05) is 56.8 Å². The van der Waals surface area contributed by atoms with E-state index in [0.29, 0.717) is 0 Å². The molecule has 1 heterocycles. The second-order valence-corrected chi connectivity index (χ2v) is 26.8. The molecule has 1 aliphatic rings. The van der Waals surface area contributed by atoms with Gasteiger partial charge in [-0.1, -0.05) is 76.6 Å². The van der Waals surface area contributed by atoms with Gasteiger partial charge in [-0.2, -0.15) is 8.42 Å². The molecule has 1 fully saturated rings. The number of hydrogen-bond acceptors (Lipinski definition) is 22. The minimum Gasteiger partial charge on any atom is -0.481 e. The van der Waals surface area contributed by atoms with E-state index in [-0.39, 0.29) is 47.8 Å². The van der Waals surface area contributed by atoms with Crippen LogP contribution in [0.2, 0.25) is 0 Å². The number of primary amides is 1. The highest BCUT2D eigenvalue weighted by molar-refractivity contribution is 7.81. The normalized spacial score (nSPS) is 15.6. The number of likely N-dealkylation sites (tertiary alicyclic amines) is 1. The van der Waals surface area contributed by atoms with Crippen LogP contribution in [0.3, 0.4) is 0 Å². The van der Waals surface area contributed by atoms with E-state index in [1.807, 2.05) is 0 Å². The summed E-state index contributed by atoms with van der Waals surface area (Å²) in [5, 5.41) is 79.1. The predicted octanol–water partition coefficient (Wildman–Crippen LogP) is -3.18. The van der Waals surface area contributed by atoms with Crippen LogP contribution in [0.4, 0.5) is 0 Å². The standard InChI is InChI=1S/C65H90ClN13O28S/c1-5-33(4)53(77-58(95)40(21-26-51(88)89)71-56(93)39(20-25-50(86)87)73-62(99)54(35-10-7-6-8-11-35)79(66)63(100)44(30-52(90)91)69-47(81)31-67)64(101)78-27-9-12-45(78)61(98)72-38(19-24-49(84)85)55(92)70-37(18-23-48(82)83)57(94)76-43(29-34-13-15-36(16-14-34)107-108(104,105)106)60(97)75-42(28-32(2)3)59(96)74-41(65(102)103)17-22-46(68)80/h6-8,10-11,13-16,32-33,37-45,53-54H,5,9,12,17-31,67H2,1-4H3,(H2,68,80)(H,69,81)(H,70,92)(H,71,93)(H,72,98)(H,73,99)(H,74,96)(H,75,97)(H,76,94)(H,77,95)(H,82,83)(H,84,85)(H,86,87)(H,88,89)(H,90,91)(H,102,103)(H,104,105,106)/t33-,37-,38-,39-,40-,41-,42-,43-,44-,45+,53-,54-/m0/s1. The number of nitrogens with one attached hydrogen (secondary N) is 9. The van der Waals surface area contributed by atoms with Gasteiger partial charge < -0.3 is 99.0 Å². The van der Waals surface area contributed by atoms with E-state index in [9.17, 15) is 130 Å². The highest BCUT2D eigenvalue weighted by atomic mass is 35.5. The molecule has 3 rings (SSSR count). The zero-order valence-corrected chi connectivity index (χ0v) is 60.5. The zero-order chi connectivity index (χ0) is 81.4. The molecule has 0 aliphatic carbocycles. The van der Waals surface area contributed by atoms with Crippen molar-refractivity contribution in [2.75, 3.05) is 13.1 Å². The Bertz CT molecular complexity index is 3720.